The molecule has 0 spiro atoms. The molecule has 0 unspecified atom stereocenters. The molecular weight excluding hydrogens is 228 g/mol. The Morgan fingerprint density at radius 1 is 0.882 bits per heavy atom. The van der Waals surface area contributed by atoms with Gasteiger partial charge in [-0.05, 0) is 24.6 Å². The number of unbranched alkanes of at least 4 members (excludes halogenated alkanes) is 3. The molecule has 17 heavy (non-hydrogen) atoms. The predicted octanol–water partition coefficient (Wildman–Crippen LogP) is 4.59. The minimum Gasteiger partial charge on any atom is -0.391 e. The van der Waals surface area contributed by atoms with E-state index in [0.717, 1.165) is 32.1 Å². The van der Waals surface area contributed by atoms with Crippen molar-refractivity contribution in [3.8, 4) is 0 Å². The standard InChI is InChI=1S/C14H30O2Si/c1-5-9-12-15-17(8-4,14-11-7-3)16-13-10-6-2/h8H,4-7,9-14H2,1-3H3. The lowest BCUT2D eigenvalue weighted by atomic mass is 10.4. The van der Waals surface area contributed by atoms with Crippen molar-refractivity contribution in [3.63, 3.8) is 0 Å². The van der Waals surface area contributed by atoms with Crippen molar-refractivity contribution in [1.29, 1.82) is 0 Å². The van der Waals surface area contributed by atoms with E-state index < -0.39 is 8.56 Å². The van der Waals surface area contributed by atoms with Gasteiger partial charge in [-0.3, -0.25) is 0 Å². The molecule has 0 saturated heterocycles. The summed E-state index contributed by atoms with van der Waals surface area (Å²) >= 11 is 0. The molecule has 0 aliphatic heterocycles. The normalized spacial score (nSPS) is 11.7. The molecule has 0 bridgehead atoms. The molecular formula is C14H30O2Si. The molecule has 0 heterocycles. The van der Waals surface area contributed by atoms with Crippen LogP contribution in [-0.2, 0) is 8.85 Å². The Hall–Kier alpha value is -0.123. The average Bonchev–Trinajstić information content (AvgIpc) is 2.36. The Labute approximate surface area is 109 Å². The summed E-state index contributed by atoms with van der Waals surface area (Å²) in [6.07, 6.45) is 6.94. The van der Waals surface area contributed by atoms with Gasteiger partial charge >= 0.3 is 8.56 Å². The lowest BCUT2D eigenvalue weighted by Gasteiger charge is -2.27. The first-order chi connectivity index (χ1) is 8.24. The Kier molecular flexibility index (Phi) is 10.9. The predicted molar refractivity (Wildman–Crippen MR) is 77.4 cm³/mol. The Morgan fingerprint density at radius 3 is 1.71 bits per heavy atom. The lowest BCUT2D eigenvalue weighted by molar-refractivity contribution is 0.173. The van der Waals surface area contributed by atoms with Gasteiger partial charge in [0.15, 0.2) is 0 Å². The molecule has 0 aliphatic carbocycles. The minimum absolute atomic E-state index is 0.824. The summed E-state index contributed by atoms with van der Waals surface area (Å²) in [4.78, 5) is 0. The zero-order valence-corrected chi connectivity index (χ0v) is 13.0. The van der Waals surface area contributed by atoms with Gasteiger partial charge in [0, 0.05) is 13.2 Å². The molecule has 0 N–H and O–H groups in total. The third-order valence-electron chi connectivity index (χ3n) is 2.88. The van der Waals surface area contributed by atoms with Crippen molar-refractivity contribution in [2.75, 3.05) is 13.2 Å². The van der Waals surface area contributed by atoms with Crippen LogP contribution in [0.4, 0.5) is 0 Å². The van der Waals surface area contributed by atoms with Crippen molar-refractivity contribution in [3.05, 3.63) is 12.3 Å². The first-order valence-corrected chi connectivity index (χ1v) is 9.26. The van der Waals surface area contributed by atoms with Crippen LogP contribution in [0.3, 0.4) is 0 Å². The maximum Gasteiger partial charge on any atom is 0.364 e. The van der Waals surface area contributed by atoms with Crippen LogP contribution in [0.15, 0.2) is 12.3 Å². The van der Waals surface area contributed by atoms with Gasteiger partial charge < -0.3 is 8.85 Å². The average molecular weight is 258 g/mol. The van der Waals surface area contributed by atoms with Crippen LogP contribution in [0.1, 0.15) is 59.3 Å². The molecule has 2 nitrogen and oxygen atoms in total. The van der Waals surface area contributed by atoms with Crippen molar-refractivity contribution >= 4 is 8.56 Å². The quantitative estimate of drug-likeness (QED) is 0.376. The van der Waals surface area contributed by atoms with Crippen molar-refractivity contribution < 1.29 is 8.85 Å². The minimum atomic E-state index is -2.10. The molecule has 0 aromatic rings. The Bertz CT molecular complexity index is 173. The van der Waals surface area contributed by atoms with E-state index in [0.29, 0.717) is 0 Å². The van der Waals surface area contributed by atoms with Crippen LogP contribution < -0.4 is 0 Å². The van der Waals surface area contributed by atoms with Crippen molar-refractivity contribution in [1.82, 2.24) is 0 Å². The van der Waals surface area contributed by atoms with E-state index in [4.69, 9.17) is 8.85 Å². The summed E-state index contributed by atoms with van der Waals surface area (Å²) in [6, 6.07) is 1.06. The molecule has 0 amide bonds. The second-order valence-corrected chi connectivity index (χ2v) is 7.63. The zero-order chi connectivity index (χ0) is 13.0. The van der Waals surface area contributed by atoms with Crippen LogP contribution in [0, 0.1) is 0 Å². The van der Waals surface area contributed by atoms with Crippen LogP contribution in [0.25, 0.3) is 0 Å². The van der Waals surface area contributed by atoms with Gasteiger partial charge in [-0.1, -0.05) is 46.5 Å². The third-order valence-corrected chi connectivity index (χ3v) is 5.94. The summed E-state index contributed by atoms with van der Waals surface area (Å²) < 4.78 is 12.1. The highest BCUT2D eigenvalue weighted by molar-refractivity contribution is 6.72. The molecule has 0 aliphatic rings. The fraction of sp³-hybridized carbons (Fsp3) is 0.857. The molecule has 102 valence electrons. The van der Waals surface area contributed by atoms with Gasteiger partial charge in [0.25, 0.3) is 0 Å². The first-order valence-electron chi connectivity index (χ1n) is 7.16. The summed E-state index contributed by atoms with van der Waals surface area (Å²) in [7, 11) is -2.10. The van der Waals surface area contributed by atoms with Gasteiger partial charge in [0.05, 0.1) is 0 Å². The van der Waals surface area contributed by atoms with Gasteiger partial charge in [0.2, 0.25) is 0 Å². The molecule has 0 saturated carbocycles. The molecule has 0 fully saturated rings. The van der Waals surface area contributed by atoms with Gasteiger partial charge in [0.1, 0.15) is 0 Å². The molecule has 0 aromatic heterocycles. The zero-order valence-electron chi connectivity index (χ0n) is 12.0. The highest BCUT2D eigenvalue weighted by Crippen LogP contribution is 2.19. The number of hydrogen-bond acceptors (Lipinski definition) is 2. The summed E-state index contributed by atoms with van der Waals surface area (Å²) in [5, 5.41) is 0. The lowest BCUT2D eigenvalue weighted by Crippen LogP contribution is -2.41. The highest BCUT2D eigenvalue weighted by atomic mass is 28.4. The van der Waals surface area contributed by atoms with Crippen molar-refractivity contribution in [2.24, 2.45) is 0 Å². The maximum absolute atomic E-state index is 6.07. The summed E-state index contributed by atoms with van der Waals surface area (Å²) in [5.41, 5.74) is 1.98. The van der Waals surface area contributed by atoms with E-state index >= 15 is 0 Å². The molecule has 3 heteroatoms. The second-order valence-electron chi connectivity index (χ2n) is 4.52. The fourth-order valence-corrected chi connectivity index (χ4v) is 4.25. The van der Waals surface area contributed by atoms with Crippen LogP contribution in [-0.4, -0.2) is 21.8 Å². The largest absolute Gasteiger partial charge is 0.391 e. The van der Waals surface area contributed by atoms with E-state index in [1.165, 1.54) is 25.7 Å². The molecule has 0 aromatic carbocycles. The van der Waals surface area contributed by atoms with E-state index in [1.54, 1.807) is 0 Å². The third kappa shape index (κ3) is 7.74. The monoisotopic (exact) mass is 258 g/mol. The maximum atomic E-state index is 6.07. The SMILES string of the molecule is C=C[Si](CCCC)(OCCCC)OCCCC. The fourth-order valence-electron chi connectivity index (χ4n) is 1.61. The van der Waals surface area contributed by atoms with Crippen molar-refractivity contribution in [2.45, 2.75) is 65.3 Å². The van der Waals surface area contributed by atoms with E-state index in [9.17, 15) is 0 Å². The molecule has 0 atom stereocenters. The number of hydrogen-bond donors (Lipinski definition) is 0. The summed E-state index contributed by atoms with van der Waals surface area (Å²) in [5.74, 6) is 0. The van der Waals surface area contributed by atoms with Crippen LogP contribution >= 0.6 is 0 Å². The second kappa shape index (κ2) is 11.0. The van der Waals surface area contributed by atoms with E-state index in [-0.39, 0.29) is 0 Å². The summed E-state index contributed by atoms with van der Waals surface area (Å²) in [6.45, 7) is 12.2. The molecule has 0 radical (unpaired) electrons. The highest BCUT2D eigenvalue weighted by Gasteiger charge is 2.33. The topological polar surface area (TPSA) is 18.5 Å². The Morgan fingerprint density at radius 2 is 1.35 bits per heavy atom. The Balaban J connectivity index is 4.22. The van der Waals surface area contributed by atoms with Gasteiger partial charge in [-0.25, -0.2) is 0 Å². The van der Waals surface area contributed by atoms with E-state index in [2.05, 4.69) is 27.4 Å². The van der Waals surface area contributed by atoms with Gasteiger partial charge in [-0.2, -0.15) is 0 Å². The van der Waals surface area contributed by atoms with Gasteiger partial charge in [-0.15, -0.1) is 6.58 Å². The van der Waals surface area contributed by atoms with E-state index in [1.807, 2.05) is 5.70 Å². The first kappa shape index (κ1) is 16.9. The van der Waals surface area contributed by atoms with Crippen LogP contribution in [0.2, 0.25) is 6.04 Å². The van der Waals surface area contributed by atoms with Crippen LogP contribution in [0.5, 0.6) is 0 Å². The smallest absolute Gasteiger partial charge is 0.364 e. The number of rotatable bonds is 12. The molecule has 0 rings (SSSR count).